The van der Waals surface area contributed by atoms with Gasteiger partial charge in [-0.1, -0.05) is 0 Å². The fraction of sp³-hybridized carbons (Fsp3) is 0.231. The summed E-state index contributed by atoms with van der Waals surface area (Å²) in [7, 11) is 4.60. The summed E-state index contributed by atoms with van der Waals surface area (Å²) in [4.78, 5) is 82.1. The molecule has 0 bridgehead atoms. The smallest absolute Gasteiger partial charge is 0.338 e. The number of hydrogen-bond donors (Lipinski definition) is 0. The van der Waals surface area contributed by atoms with E-state index < -0.39 is 35.6 Å². The molecule has 0 aromatic heterocycles. The molecule has 0 spiro atoms. The predicted octanol–water partition coefficient (Wildman–Crippen LogP) is 6.05. The highest BCUT2D eigenvalue weighted by atomic mass is 16.5. The quantitative estimate of drug-likeness (QED) is 0.128. The second-order valence-electron chi connectivity index (χ2n) is 11.2. The van der Waals surface area contributed by atoms with Crippen molar-refractivity contribution in [3.63, 3.8) is 0 Å². The highest BCUT2D eigenvalue weighted by molar-refractivity contribution is 6.14. The first-order chi connectivity index (χ1) is 24.4. The average Bonchev–Trinajstić information content (AvgIpc) is 3.16. The summed E-state index contributed by atoms with van der Waals surface area (Å²) >= 11 is 0. The molecule has 12 nitrogen and oxygen atoms in total. The van der Waals surface area contributed by atoms with Gasteiger partial charge in [-0.25, -0.2) is 14.4 Å². The van der Waals surface area contributed by atoms with E-state index in [0.717, 1.165) is 0 Å². The van der Waals surface area contributed by atoms with Gasteiger partial charge in [0.1, 0.15) is 0 Å². The standard InChI is InChI=1S/C39H39N3O9/c1-7-49-37(46)25-10-16-31(17-11-25)40(4)34(43)28-22-29(35(44)41(5)32-18-12-26(13-19-32)38(47)50-8-2)24-30(23-28)36(45)42(6)33-20-14-27(15-21-33)39(48)51-9-3/h10-24H,7-9H2,1-6H3. The van der Waals surface area contributed by atoms with Crippen molar-refractivity contribution in [1.82, 2.24) is 0 Å². The number of rotatable bonds is 12. The number of anilines is 3. The van der Waals surface area contributed by atoms with Crippen LogP contribution in [0.25, 0.3) is 0 Å². The van der Waals surface area contributed by atoms with Crippen LogP contribution in [0.2, 0.25) is 0 Å². The first kappa shape index (κ1) is 37.5. The van der Waals surface area contributed by atoms with E-state index in [2.05, 4.69) is 0 Å². The molecule has 0 atom stereocenters. The molecule has 12 heteroatoms. The number of carbonyl (C=O) groups excluding carboxylic acids is 6. The maximum Gasteiger partial charge on any atom is 0.338 e. The summed E-state index contributed by atoms with van der Waals surface area (Å²) in [6.07, 6.45) is 0. The van der Waals surface area contributed by atoms with Crippen LogP contribution in [-0.2, 0) is 14.2 Å². The zero-order chi connectivity index (χ0) is 37.2. The van der Waals surface area contributed by atoms with Crippen molar-refractivity contribution >= 4 is 52.7 Å². The minimum atomic E-state index is -0.523. The third-order valence-corrected chi connectivity index (χ3v) is 7.88. The second kappa shape index (κ2) is 16.9. The number of hydrogen-bond acceptors (Lipinski definition) is 9. The molecule has 0 aliphatic heterocycles. The Bertz CT molecular complexity index is 1690. The van der Waals surface area contributed by atoms with Crippen molar-refractivity contribution < 1.29 is 43.0 Å². The Balaban J connectivity index is 1.70. The van der Waals surface area contributed by atoms with Gasteiger partial charge in [0.25, 0.3) is 17.7 Å². The molecule has 0 heterocycles. The molecule has 0 N–H and O–H groups in total. The Labute approximate surface area is 296 Å². The van der Waals surface area contributed by atoms with Crippen molar-refractivity contribution in [2.45, 2.75) is 20.8 Å². The van der Waals surface area contributed by atoms with Gasteiger partial charge in [-0.3, -0.25) is 14.4 Å². The molecular weight excluding hydrogens is 654 g/mol. The molecular formula is C39H39N3O9. The summed E-state index contributed by atoms with van der Waals surface area (Å²) in [5.41, 5.74) is 2.48. The molecule has 0 fully saturated rings. The number of amides is 3. The minimum Gasteiger partial charge on any atom is -0.462 e. The summed E-state index contributed by atoms with van der Waals surface area (Å²) in [6.45, 7) is 5.77. The number of ether oxygens (including phenoxy) is 3. The summed E-state index contributed by atoms with van der Waals surface area (Å²) in [5.74, 6) is -3.05. The van der Waals surface area contributed by atoms with Gasteiger partial charge in [0.2, 0.25) is 0 Å². The average molecular weight is 694 g/mol. The van der Waals surface area contributed by atoms with Crippen molar-refractivity contribution in [2.24, 2.45) is 0 Å². The SMILES string of the molecule is CCOC(=O)c1ccc(N(C)C(=O)c2cc(C(=O)N(C)c3ccc(C(=O)OCC)cc3)cc(C(=O)N(C)c3ccc(C(=O)OCC)cc3)c2)cc1. The normalized spacial score (nSPS) is 10.5. The zero-order valence-corrected chi connectivity index (χ0v) is 29.3. The first-order valence-electron chi connectivity index (χ1n) is 16.2. The molecule has 0 saturated carbocycles. The van der Waals surface area contributed by atoms with Crippen LogP contribution < -0.4 is 14.7 Å². The molecule has 4 aromatic rings. The van der Waals surface area contributed by atoms with Gasteiger partial charge >= 0.3 is 17.9 Å². The highest BCUT2D eigenvalue weighted by Crippen LogP contribution is 2.24. The largest absolute Gasteiger partial charge is 0.462 e. The lowest BCUT2D eigenvalue weighted by molar-refractivity contribution is 0.0517. The molecule has 0 aliphatic carbocycles. The minimum absolute atomic E-state index is 0.0540. The van der Waals surface area contributed by atoms with Gasteiger partial charge in [-0.05, 0) is 112 Å². The zero-order valence-electron chi connectivity index (χ0n) is 29.3. The number of nitrogens with zero attached hydrogens (tertiary/aromatic N) is 3. The Kier molecular flexibility index (Phi) is 12.4. The monoisotopic (exact) mass is 693 g/mol. The molecule has 264 valence electrons. The van der Waals surface area contributed by atoms with Crippen LogP contribution >= 0.6 is 0 Å². The topological polar surface area (TPSA) is 140 Å². The van der Waals surface area contributed by atoms with Crippen molar-refractivity contribution in [3.8, 4) is 0 Å². The van der Waals surface area contributed by atoms with Gasteiger partial charge in [-0.15, -0.1) is 0 Å². The van der Waals surface area contributed by atoms with Gasteiger partial charge in [0.05, 0.1) is 36.5 Å². The van der Waals surface area contributed by atoms with E-state index in [1.807, 2.05) is 0 Å². The van der Waals surface area contributed by atoms with Crippen molar-refractivity contribution in [3.05, 3.63) is 124 Å². The van der Waals surface area contributed by atoms with Crippen LogP contribution in [0.5, 0.6) is 0 Å². The lowest BCUT2D eigenvalue weighted by atomic mass is 10.0. The third kappa shape index (κ3) is 8.84. The molecule has 3 amide bonds. The molecule has 0 saturated heterocycles. The lowest BCUT2D eigenvalue weighted by Gasteiger charge is -2.22. The van der Waals surface area contributed by atoms with E-state index in [0.29, 0.717) is 33.8 Å². The predicted molar refractivity (Wildman–Crippen MR) is 192 cm³/mol. The Morgan fingerprint density at radius 2 is 0.608 bits per heavy atom. The van der Waals surface area contributed by atoms with Crippen molar-refractivity contribution in [1.29, 1.82) is 0 Å². The number of esters is 3. The molecule has 0 unspecified atom stereocenters. The van der Waals surface area contributed by atoms with E-state index in [9.17, 15) is 28.8 Å². The Hall–Kier alpha value is -6.30. The molecule has 0 aliphatic rings. The second-order valence-corrected chi connectivity index (χ2v) is 11.2. The lowest BCUT2D eigenvalue weighted by Crippen LogP contribution is -2.31. The van der Waals surface area contributed by atoms with Crippen LogP contribution in [0.3, 0.4) is 0 Å². The van der Waals surface area contributed by atoms with Crippen LogP contribution in [0.1, 0.15) is 82.9 Å². The molecule has 0 radical (unpaired) electrons. The third-order valence-electron chi connectivity index (χ3n) is 7.88. The molecule has 51 heavy (non-hydrogen) atoms. The van der Waals surface area contributed by atoms with Crippen LogP contribution in [0.4, 0.5) is 17.1 Å². The summed E-state index contributed by atoms with van der Waals surface area (Å²) in [5, 5.41) is 0. The number of benzene rings is 4. The molecule has 4 rings (SSSR count). The Morgan fingerprint density at radius 3 is 0.804 bits per heavy atom. The number of carbonyl (C=O) groups is 6. The fourth-order valence-corrected chi connectivity index (χ4v) is 5.04. The van der Waals surface area contributed by atoms with E-state index in [-0.39, 0.29) is 36.5 Å². The van der Waals surface area contributed by atoms with Gasteiger partial charge in [0, 0.05) is 54.9 Å². The highest BCUT2D eigenvalue weighted by Gasteiger charge is 2.24. The van der Waals surface area contributed by atoms with Gasteiger partial charge in [-0.2, -0.15) is 0 Å². The maximum atomic E-state index is 13.9. The fourth-order valence-electron chi connectivity index (χ4n) is 5.04. The first-order valence-corrected chi connectivity index (χ1v) is 16.2. The van der Waals surface area contributed by atoms with Gasteiger partial charge < -0.3 is 28.9 Å². The van der Waals surface area contributed by atoms with E-state index in [4.69, 9.17) is 14.2 Å². The van der Waals surface area contributed by atoms with E-state index in [1.54, 1.807) is 57.2 Å². The summed E-state index contributed by atoms with van der Waals surface area (Å²) < 4.78 is 15.1. The van der Waals surface area contributed by atoms with E-state index in [1.165, 1.54) is 90.4 Å². The summed E-state index contributed by atoms with van der Waals surface area (Å²) in [6, 6.07) is 23.0. The Morgan fingerprint density at radius 1 is 0.392 bits per heavy atom. The van der Waals surface area contributed by atoms with E-state index >= 15 is 0 Å². The van der Waals surface area contributed by atoms with Crippen LogP contribution in [0, 0.1) is 0 Å². The van der Waals surface area contributed by atoms with Crippen LogP contribution in [-0.4, -0.2) is 76.6 Å². The van der Waals surface area contributed by atoms with Crippen LogP contribution in [0.15, 0.2) is 91.0 Å². The molecule has 4 aromatic carbocycles. The maximum absolute atomic E-state index is 13.9. The van der Waals surface area contributed by atoms with Gasteiger partial charge in [0.15, 0.2) is 0 Å². The van der Waals surface area contributed by atoms with Crippen molar-refractivity contribution in [2.75, 3.05) is 55.7 Å².